The molecule has 0 fully saturated rings. The minimum absolute atomic E-state index is 0.695. The molecule has 2 aromatic rings. The number of halogens is 2. The van der Waals surface area contributed by atoms with Crippen LogP contribution in [0.5, 0.6) is 0 Å². The van der Waals surface area contributed by atoms with E-state index >= 15 is 0 Å². The third-order valence-electron chi connectivity index (χ3n) is 2.78. The van der Waals surface area contributed by atoms with Crippen LogP contribution in [0, 0.1) is 3.57 Å². The fourth-order valence-electron chi connectivity index (χ4n) is 1.81. The zero-order valence-electron chi connectivity index (χ0n) is 11.3. The molecular formula is C14H17ClIN3O. The van der Waals surface area contributed by atoms with E-state index in [1.165, 1.54) is 0 Å². The summed E-state index contributed by atoms with van der Waals surface area (Å²) in [5.74, 6) is 0.796. The summed E-state index contributed by atoms with van der Waals surface area (Å²) in [6.07, 6.45) is 4.69. The van der Waals surface area contributed by atoms with Crippen LogP contribution >= 0.6 is 34.2 Å². The number of nitrogens with zero attached hydrogens (tertiary/aromatic N) is 2. The fourth-order valence-corrected chi connectivity index (χ4v) is 2.71. The summed E-state index contributed by atoms with van der Waals surface area (Å²) in [6, 6.07) is 5.90. The maximum Gasteiger partial charge on any atom is 0.207 e. The molecule has 0 saturated heterocycles. The van der Waals surface area contributed by atoms with Crippen molar-refractivity contribution in [1.82, 2.24) is 9.55 Å². The van der Waals surface area contributed by atoms with Crippen LogP contribution < -0.4 is 5.32 Å². The van der Waals surface area contributed by atoms with Gasteiger partial charge in [0.2, 0.25) is 5.95 Å². The molecular weight excluding hydrogens is 389 g/mol. The van der Waals surface area contributed by atoms with Crippen LogP contribution in [-0.2, 0) is 11.3 Å². The van der Waals surface area contributed by atoms with E-state index < -0.39 is 0 Å². The van der Waals surface area contributed by atoms with E-state index in [2.05, 4.69) is 37.5 Å². The zero-order valence-corrected chi connectivity index (χ0v) is 14.2. The van der Waals surface area contributed by atoms with Gasteiger partial charge in [-0.1, -0.05) is 11.6 Å². The van der Waals surface area contributed by atoms with Crippen molar-refractivity contribution in [2.24, 2.45) is 0 Å². The van der Waals surface area contributed by atoms with Gasteiger partial charge in [-0.2, -0.15) is 0 Å². The lowest BCUT2D eigenvalue weighted by Crippen LogP contribution is -2.06. The second-order valence-electron chi connectivity index (χ2n) is 4.24. The molecule has 108 valence electrons. The lowest BCUT2D eigenvalue weighted by Gasteiger charge is -2.11. The average molecular weight is 406 g/mol. The predicted molar refractivity (Wildman–Crippen MR) is 90.8 cm³/mol. The number of hydrogen-bond donors (Lipinski definition) is 1. The summed E-state index contributed by atoms with van der Waals surface area (Å²) in [4.78, 5) is 4.32. The molecule has 6 heteroatoms. The van der Waals surface area contributed by atoms with Crippen LogP contribution in [0.25, 0.3) is 0 Å². The molecule has 1 aromatic carbocycles. The van der Waals surface area contributed by atoms with Crippen molar-refractivity contribution in [3.8, 4) is 0 Å². The quantitative estimate of drug-likeness (QED) is 0.551. The van der Waals surface area contributed by atoms with Gasteiger partial charge in [0.25, 0.3) is 0 Å². The minimum atomic E-state index is 0.695. The topological polar surface area (TPSA) is 39.1 Å². The average Bonchev–Trinajstić information content (AvgIpc) is 2.85. The van der Waals surface area contributed by atoms with Gasteiger partial charge in [0.15, 0.2) is 0 Å². The Hall–Kier alpha value is -0.790. The highest BCUT2D eigenvalue weighted by atomic mass is 127. The Balaban J connectivity index is 2.01. The first kappa shape index (κ1) is 15.6. The number of aryl methyl sites for hydroxylation is 1. The molecule has 0 unspecified atom stereocenters. The van der Waals surface area contributed by atoms with Gasteiger partial charge in [0.05, 0.1) is 10.7 Å². The van der Waals surface area contributed by atoms with Gasteiger partial charge in [0.1, 0.15) is 0 Å². The number of anilines is 2. The molecule has 0 aliphatic rings. The van der Waals surface area contributed by atoms with Crippen molar-refractivity contribution in [3.63, 3.8) is 0 Å². The monoisotopic (exact) mass is 405 g/mol. The molecule has 0 atom stereocenters. The second-order valence-corrected chi connectivity index (χ2v) is 5.90. The van der Waals surface area contributed by atoms with Crippen LogP contribution in [0.1, 0.15) is 13.3 Å². The Labute approximate surface area is 137 Å². The van der Waals surface area contributed by atoms with Gasteiger partial charge in [-0.25, -0.2) is 4.98 Å². The van der Waals surface area contributed by atoms with Crippen LogP contribution in [0.4, 0.5) is 11.6 Å². The van der Waals surface area contributed by atoms with E-state index in [9.17, 15) is 0 Å². The molecule has 2 rings (SSSR count). The van der Waals surface area contributed by atoms with Crippen molar-refractivity contribution < 1.29 is 4.74 Å². The maximum absolute atomic E-state index is 6.22. The highest BCUT2D eigenvalue weighted by Gasteiger charge is 2.06. The SMILES string of the molecule is CCOCCCn1ccnc1Nc1ccc(I)cc1Cl. The van der Waals surface area contributed by atoms with E-state index in [1.54, 1.807) is 6.20 Å². The molecule has 1 heterocycles. The summed E-state index contributed by atoms with van der Waals surface area (Å²) in [6.45, 7) is 4.39. The van der Waals surface area contributed by atoms with Crippen LogP contribution in [0.15, 0.2) is 30.6 Å². The molecule has 0 saturated carbocycles. The van der Waals surface area contributed by atoms with Gasteiger partial charge < -0.3 is 14.6 Å². The molecule has 0 bridgehead atoms. The van der Waals surface area contributed by atoms with Gasteiger partial charge in [0, 0.05) is 35.7 Å². The number of nitrogens with one attached hydrogen (secondary N) is 1. The first-order valence-corrected chi connectivity index (χ1v) is 7.97. The van der Waals surface area contributed by atoms with E-state index in [4.69, 9.17) is 16.3 Å². The Morgan fingerprint density at radius 1 is 1.45 bits per heavy atom. The first-order chi connectivity index (χ1) is 9.70. The number of aromatic nitrogens is 2. The van der Waals surface area contributed by atoms with Crippen LogP contribution in [-0.4, -0.2) is 22.8 Å². The molecule has 0 amide bonds. The Kier molecular flexibility index (Phi) is 6.12. The van der Waals surface area contributed by atoms with E-state index in [1.807, 2.05) is 31.3 Å². The molecule has 1 N–H and O–H groups in total. The standard InChI is InChI=1S/C14H17ClIN3O/c1-2-20-9-3-7-19-8-6-17-14(19)18-13-5-4-11(16)10-12(13)15/h4-6,8,10H,2-3,7,9H2,1H3,(H,17,18). The van der Waals surface area contributed by atoms with Crippen LogP contribution in [0.3, 0.4) is 0 Å². The summed E-state index contributed by atoms with van der Waals surface area (Å²) >= 11 is 8.46. The van der Waals surface area contributed by atoms with Crippen molar-refractivity contribution in [2.45, 2.75) is 19.9 Å². The maximum atomic E-state index is 6.22. The Morgan fingerprint density at radius 2 is 2.30 bits per heavy atom. The molecule has 0 aliphatic carbocycles. The highest BCUT2D eigenvalue weighted by molar-refractivity contribution is 14.1. The Bertz CT molecular complexity index is 559. The zero-order chi connectivity index (χ0) is 14.4. The minimum Gasteiger partial charge on any atom is -0.382 e. The summed E-state index contributed by atoms with van der Waals surface area (Å²) in [7, 11) is 0. The lowest BCUT2D eigenvalue weighted by atomic mass is 10.3. The highest BCUT2D eigenvalue weighted by Crippen LogP contribution is 2.26. The molecule has 4 nitrogen and oxygen atoms in total. The number of hydrogen-bond acceptors (Lipinski definition) is 3. The van der Waals surface area contributed by atoms with Crippen molar-refractivity contribution >= 4 is 45.8 Å². The van der Waals surface area contributed by atoms with Gasteiger partial charge in [-0.3, -0.25) is 0 Å². The number of rotatable bonds is 7. The van der Waals surface area contributed by atoms with Gasteiger partial charge in [-0.15, -0.1) is 0 Å². The molecule has 20 heavy (non-hydrogen) atoms. The van der Waals surface area contributed by atoms with Crippen LogP contribution in [0.2, 0.25) is 5.02 Å². The lowest BCUT2D eigenvalue weighted by molar-refractivity contribution is 0.142. The molecule has 0 spiro atoms. The summed E-state index contributed by atoms with van der Waals surface area (Å²) < 4.78 is 8.52. The van der Waals surface area contributed by atoms with Crippen molar-refractivity contribution in [1.29, 1.82) is 0 Å². The molecule has 1 aromatic heterocycles. The third-order valence-corrected chi connectivity index (χ3v) is 3.77. The predicted octanol–water partition coefficient (Wildman–Crippen LogP) is 4.31. The van der Waals surface area contributed by atoms with Crippen molar-refractivity contribution in [2.75, 3.05) is 18.5 Å². The van der Waals surface area contributed by atoms with Crippen molar-refractivity contribution in [3.05, 3.63) is 39.2 Å². The van der Waals surface area contributed by atoms with Gasteiger partial charge in [-0.05, 0) is 54.1 Å². The fraction of sp³-hybridized carbons (Fsp3) is 0.357. The Morgan fingerprint density at radius 3 is 3.05 bits per heavy atom. The summed E-state index contributed by atoms with van der Waals surface area (Å²) in [5.41, 5.74) is 0.865. The first-order valence-electron chi connectivity index (χ1n) is 6.51. The summed E-state index contributed by atoms with van der Waals surface area (Å²) in [5, 5.41) is 3.96. The van der Waals surface area contributed by atoms with E-state index in [-0.39, 0.29) is 0 Å². The third kappa shape index (κ3) is 4.36. The molecule has 0 radical (unpaired) electrons. The number of imidazole rings is 1. The van der Waals surface area contributed by atoms with E-state index in [0.717, 1.165) is 41.4 Å². The number of ether oxygens (including phenoxy) is 1. The molecule has 0 aliphatic heterocycles. The largest absolute Gasteiger partial charge is 0.382 e. The van der Waals surface area contributed by atoms with E-state index in [0.29, 0.717) is 5.02 Å². The van der Waals surface area contributed by atoms with Gasteiger partial charge >= 0.3 is 0 Å². The normalized spacial score (nSPS) is 10.8. The smallest absolute Gasteiger partial charge is 0.207 e. The number of benzene rings is 1. The second kappa shape index (κ2) is 7.85.